The third kappa shape index (κ3) is 2.90. The molecule has 3 heteroatoms. The van der Waals surface area contributed by atoms with Gasteiger partial charge in [0.05, 0.1) is 0 Å². The Morgan fingerprint density at radius 3 is 3.35 bits per heavy atom. The van der Waals surface area contributed by atoms with Gasteiger partial charge in [0.1, 0.15) is 0 Å². The third-order valence-electron chi connectivity index (χ3n) is 4.08. The number of nitrogens with one attached hydrogen (secondary N) is 1. The molecule has 0 spiro atoms. The SMILES string of the molecule is c1cc2c(s1)CCN(CCCC1CCCN1)C2. The number of hydrogen-bond acceptors (Lipinski definition) is 3. The highest BCUT2D eigenvalue weighted by Gasteiger charge is 2.18. The summed E-state index contributed by atoms with van der Waals surface area (Å²) in [6, 6.07) is 3.13. The lowest BCUT2D eigenvalue weighted by atomic mass is 10.1. The van der Waals surface area contributed by atoms with Crippen LogP contribution in [0.2, 0.25) is 0 Å². The quantitative estimate of drug-likeness (QED) is 0.884. The molecule has 2 nitrogen and oxygen atoms in total. The van der Waals surface area contributed by atoms with Crippen molar-refractivity contribution in [2.45, 2.75) is 44.7 Å². The van der Waals surface area contributed by atoms with Gasteiger partial charge < -0.3 is 5.32 Å². The van der Waals surface area contributed by atoms with Crippen LogP contribution in [0.1, 0.15) is 36.1 Å². The van der Waals surface area contributed by atoms with E-state index in [9.17, 15) is 0 Å². The minimum Gasteiger partial charge on any atom is -0.314 e. The molecule has 1 atom stereocenters. The lowest BCUT2D eigenvalue weighted by molar-refractivity contribution is 0.247. The van der Waals surface area contributed by atoms with Crippen LogP contribution in [0.25, 0.3) is 0 Å². The molecule has 0 aromatic carbocycles. The summed E-state index contributed by atoms with van der Waals surface area (Å²) >= 11 is 1.93. The summed E-state index contributed by atoms with van der Waals surface area (Å²) in [5.74, 6) is 0. The predicted octanol–water partition coefficient (Wildman–Crippen LogP) is 2.64. The highest BCUT2D eigenvalue weighted by Crippen LogP contribution is 2.24. The third-order valence-corrected chi connectivity index (χ3v) is 5.10. The molecule has 3 heterocycles. The topological polar surface area (TPSA) is 15.3 Å². The fourth-order valence-corrected chi connectivity index (χ4v) is 3.95. The van der Waals surface area contributed by atoms with Crippen LogP contribution in [0, 0.1) is 0 Å². The van der Waals surface area contributed by atoms with Gasteiger partial charge in [-0.2, -0.15) is 0 Å². The maximum atomic E-state index is 3.59. The Kier molecular flexibility index (Phi) is 3.79. The molecule has 0 bridgehead atoms. The standard InChI is InChI=1S/C14H22N2S/c1-3-13(15-7-1)4-2-8-16-9-5-14-12(11-16)6-10-17-14/h6,10,13,15H,1-5,7-9,11H2. The van der Waals surface area contributed by atoms with Crippen LogP contribution >= 0.6 is 11.3 Å². The molecule has 1 unspecified atom stereocenters. The zero-order valence-electron chi connectivity index (χ0n) is 10.5. The summed E-state index contributed by atoms with van der Waals surface area (Å²) < 4.78 is 0. The number of nitrogens with zero attached hydrogens (tertiary/aromatic N) is 1. The molecule has 2 aliphatic rings. The van der Waals surface area contributed by atoms with Crippen LogP contribution < -0.4 is 5.32 Å². The van der Waals surface area contributed by atoms with Crippen molar-refractivity contribution in [1.29, 1.82) is 0 Å². The van der Waals surface area contributed by atoms with Gasteiger partial charge in [0.2, 0.25) is 0 Å². The Balaban J connectivity index is 1.41. The Hall–Kier alpha value is -0.380. The van der Waals surface area contributed by atoms with Crippen molar-refractivity contribution in [1.82, 2.24) is 10.2 Å². The molecule has 2 aliphatic heterocycles. The van der Waals surface area contributed by atoms with Crippen molar-refractivity contribution >= 4 is 11.3 Å². The number of fused-ring (bicyclic) bond motifs is 1. The van der Waals surface area contributed by atoms with Gasteiger partial charge in [-0.25, -0.2) is 0 Å². The Labute approximate surface area is 108 Å². The van der Waals surface area contributed by atoms with E-state index in [4.69, 9.17) is 0 Å². The highest BCUT2D eigenvalue weighted by molar-refractivity contribution is 7.10. The Morgan fingerprint density at radius 1 is 1.47 bits per heavy atom. The van der Waals surface area contributed by atoms with Crippen LogP contribution in [-0.2, 0) is 13.0 Å². The van der Waals surface area contributed by atoms with Crippen molar-refractivity contribution < 1.29 is 0 Å². The minimum absolute atomic E-state index is 0.816. The van der Waals surface area contributed by atoms with Gasteiger partial charge in [-0.15, -0.1) is 11.3 Å². The van der Waals surface area contributed by atoms with E-state index in [1.807, 2.05) is 11.3 Å². The molecule has 94 valence electrons. The Bertz CT molecular complexity index is 355. The normalized spacial score (nSPS) is 25.1. The summed E-state index contributed by atoms with van der Waals surface area (Å²) in [5.41, 5.74) is 1.58. The fourth-order valence-electron chi connectivity index (χ4n) is 3.06. The second-order valence-electron chi connectivity index (χ2n) is 5.33. The molecule has 1 fully saturated rings. The van der Waals surface area contributed by atoms with Crippen molar-refractivity contribution in [3.8, 4) is 0 Å². The molecule has 3 rings (SSSR count). The van der Waals surface area contributed by atoms with E-state index in [2.05, 4.69) is 21.7 Å². The van der Waals surface area contributed by atoms with Crippen molar-refractivity contribution in [3.63, 3.8) is 0 Å². The molecule has 1 aromatic heterocycles. The van der Waals surface area contributed by atoms with Crippen LogP contribution in [0.4, 0.5) is 0 Å². The first kappa shape index (κ1) is 11.7. The molecular weight excluding hydrogens is 228 g/mol. The fraction of sp³-hybridized carbons (Fsp3) is 0.714. The van der Waals surface area contributed by atoms with Gasteiger partial charge >= 0.3 is 0 Å². The van der Waals surface area contributed by atoms with Gasteiger partial charge in [-0.3, -0.25) is 4.90 Å². The van der Waals surface area contributed by atoms with E-state index in [1.54, 1.807) is 10.4 Å². The molecule has 1 N–H and O–H groups in total. The molecule has 0 aliphatic carbocycles. The van der Waals surface area contributed by atoms with Gasteiger partial charge in [0, 0.05) is 24.0 Å². The maximum absolute atomic E-state index is 3.59. The van der Waals surface area contributed by atoms with Crippen LogP contribution in [0.5, 0.6) is 0 Å². The van der Waals surface area contributed by atoms with Crippen molar-refractivity contribution in [2.75, 3.05) is 19.6 Å². The Morgan fingerprint density at radius 2 is 2.47 bits per heavy atom. The molecule has 0 radical (unpaired) electrons. The lowest BCUT2D eigenvalue weighted by Gasteiger charge is -2.27. The van der Waals surface area contributed by atoms with Crippen molar-refractivity contribution in [3.05, 3.63) is 21.9 Å². The zero-order valence-corrected chi connectivity index (χ0v) is 11.3. The number of thiophene rings is 1. The second kappa shape index (κ2) is 5.51. The minimum atomic E-state index is 0.816. The van der Waals surface area contributed by atoms with E-state index in [0.29, 0.717) is 0 Å². The predicted molar refractivity (Wildman–Crippen MR) is 73.6 cm³/mol. The first-order valence-electron chi connectivity index (χ1n) is 6.93. The highest BCUT2D eigenvalue weighted by atomic mass is 32.1. The molecule has 0 amide bonds. The summed E-state index contributed by atoms with van der Waals surface area (Å²) in [7, 11) is 0. The summed E-state index contributed by atoms with van der Waals surface area (Å²) in [5, 5.41) is 5.84. The molecule has 1 saturated heterocycles. The number of hydrogen-bond donors (Lipinski definition) is 1. The molecule has 0 saturated carbocycles. The van der Waals surface area contributed by atoms with Gasteiger partial charge in [-0.1, -0.05) is 0 Å². The largest absolute Gasteiger partial charge is 0.314 e. The summed E-state index contributed by atoms with van der Waals surface area (Å²) in [6.07, 6.45) is 6.78. The monoisotopic (exact) mass is 250 g/mol. The van der Waals surface area contributed by atoms with Crippen molar-refractivity contribution in [2.24, 2.45) is 0 Å². The van der Waals surface area contributed by atoms with E-state index >= 15 is 0 Å². The van der Waals surface area contributed by atoms with E-state index < -0.39 is 0 Å². The van der Waals surface area contributed by atoms with Gasteiger partial charge in [0.15, 0.2) is 0 Å². The molecular formula is C14H22N2S. The number of rotatable bonds is 4. The average molecular weight is 250 g/mol. The lowest BCUT2D eigenvalue weighted by Crippen LogP contribution is -2.31. The second-order valence-corrected chi connectivity index (χ2v) is 6.33. The van der Waals surface area contributed by atoms with E-state index in [0.717, 1.165) is 6.04 Å². The molecule has 17 heavy (non-hydrogen) atoms. The van der Waals surface area contributed by atoms with E-state index in [-0.39, 0.29) is 0 Å². The average Bonchev–Trinajstić information content (AvgIpc) is 2.98. The van der Waals surface area contributed by atoms with Crippen LogP contribution in [0.3, 0.4) is 0 Å². The summed E-state index contributed by atoms with van der Waals surface area (Å²) in [4.78, 5) is 4.25. The van der Waals surface area contributed by atoms with Crippen LogP contribution in [-0.4, -0.2) is 30.6 Å². The smallest absolute Gasteiger partial charge is 0.0244 e. The maximum Gasteiger partial charge on any atom is 0.0244 e. The zero-order chi connectivity index (χ0) is 11.5. The molecule has 1 aromatic rings. The first-order chi connectivity index (χ1) is 8.42. The summed E-state index contributed by atoms with van der Waals surface area (Å²) in [6.45, 7) is 4.99. The van der Waals surface area contributed by atoms with Gasteiger partial charge in [-0.05, 0) is 62.2 Å². The van der Waals surface area contributed by atoms with E-state index in [1.165, 1.54) is 58.3 Å². The van der Waals surface area contributed by atoms with Crippen LogP contribution in [0.15, 0.2) is 11.4 Å². The van der Waals surface area contributed by atoms with Gasteiger partial charge in [0.25, 0.3) is 0 Å². The first-order valence-corrected chi connectivity index (χ1v) is 7.81.